The number of ether oxygens (including phenoxy) is 1. The quantitative estimate of drug-likeness (QED) is 0.575. The van der Waals surface area contributed by atoms with E-state index in [0.717, 1.165) is 19.6 Å². The van der Waals surface area contributed by atoms with Gasteiger partial charge in [0, 0.05) is 24.0 Å². The van der Waals surface area contributed by atoms with E-state index in [-0.39, 0.29) is 23.3 Å². The van der Waals surface area contributed by atoms with Gasteiger partial charge in [-0.25, -0.2) is 0 Å². The molecule has 2 aliphatic rings. The first kappa shape index (κ1) is 8.05. The summed E-state index contributed by atoms with van der Waals surface area (Å²) in [5.41, 5.74) is 0.0943. The fourth-order valence-corrected chi connectivity index (χ4v) is 2.40. The van der Waals surface area contributed by atoms with E-state index in [1.165, 1.54) is 0 Å². The summed E-state index contributed by atoms with van der Waals surface area (Å²) >= 11 is 0. The maximum Gasteiger partial charge on any atom is 0.223 e. The number of carbonyl (C=O) groups is 1. The van der Waals surface area contributed by atoms with E-state index < -0.39 is 0 Å². The maximum absolute atomic E-state index is 11.4. The summed E-state index contributed by atoms with van der Waals surface area (Å²) in [4.78, 5) is 11.4. The highest BCUT2D eigenvalue weighted by atomic mass is 16.5. The van der Waals surface area contributed by atoms with Crippen molar-refractivity contribution in [3.8, 4) is 0 Å². The Morgan fingerprint density at radius 1 is 1.58 bits per heavy atom. The smallest absolute Gasteiger partial charge is 0.223 e. The van der Waals surface area contributed by atoms with Crippen LogP contribution in [-0.2, 0) is 9.53 Å². The summed E-state index contributed by atoms with van der Waals surface area (Å²) in [6.45, 7) is 5.64. The predicted molar refractivity (Wildman–Crippen MR) is 44.6 cm³/mol. The summed E-state index contributed by atoms with van der Waals surface area (Å²) < 4.78 is 5.38. The molecule has 0 saturated carbocycles. The second-order valence-electron chi connectivity index (χ2n) is 3.99. The zero-order chi connectivity index (χ0) is 8.77. The van der Waals surface area contributed by atoms with Gasteiger partial charge in [0.15, 0.2) is 0 Å². The van der Waals surface area contributed by atoms with Crippen molar-refractivity contribution in [2.24, 2.45) is 11.3 Å². The average Bonchev–Trinajstić information content (AvgIpc) is 2.57. The van der Waals surface area contributed by atoms with E-state index >= 15 is 0 Å². The van der Waals surface area contributed by atoms with Crippen molar-refractivity contribution in [3.63, 3.8) is 0 Å². The summed E-state index contributed by atoms with van der Waals surface area (Å²) in [7, 11) is 0. The molecule has 2 fully saturated rings. The zero-order valence-corrected chi connectivity index (χ0v) is 7.59. The average molecular weight is 169 g/mol. The van der Waals surface area contributed by atoms with Crippen molar-refractivity contribution in [3.05, 3.63) is 0 Å². The minimum Gasteiger partial charge on any atom is -0.381 e. The third kappa shape index (κ3) is 0.829. The minimum absolute atomic E-state index is 0.0943. The Kier molecular flexibility index (Phi) is 1.65. The van der Waals surface area contributed by atoms with Gasteiger partial charge >= 0.3 is 0 Å². The van der Waals surface area contributed by atoms with E-state index in [4.69, 9.17) is 4.74 Å². The zero-order valence-electron chi connectivity index (χ0n) is 7.59. The molecule has 3 atom stereocenters. The maximum atomic E-state index is 11.4. The van der Waals surface area contributed by atoms with E-state index in [0.29, 0.717) is 0 Å². The number of hydrogen-bond donors (Lipinski definition) is 1. The fraction of sp³-hybridized carbons (Fsp3) is 0.889. The van der Waals surface area contributed by atoms with Gasteiger partial charge in [0.05, 0.1) is 6.61 Å². The van der Waals surface area contributed by atoms with E-state index in [1.807, 2.05) is 6.92 Å². The number of nitrogens with one attached hydrogen (secondary N) is 1. The molecule has 2 aliphatic heterocycles. The molecule has 2 rings (SSSR count). The van der Waals surface area contributed by atoms with Crippen LogP contribution in [0.4, 0.5) is 0 Å². The predicted octanol–water partition coefficient (Wildman–Crippen LogP) is 0.548. The molecule has 1 N–H and O–H groups in total. The van der Waals surface area contributed by atoms with Crippen molar-refractivity contribution in [2.75, 3.05) is 13.2 Å². The van der Waals surface area contributed by atoms with Gasteiger partial charge in [0.25, 0.3) is 0 Å². The highest BCUT2D eigenvalue weighted by molar-refractivity contribution is 5.82. The fourth-order valence-electron chi connectivity index (χ4n) is 2.40. The minimum atomic E-state index is 0.0943. The Bertz CT molecular complexity index is 209. The molecular weight excluding hydrogens is 154 g/mol. The van der Waals surface area contributed by atoms with Crippen LogP contribution >= 0.6 is 0 Å². The highest BCUT2D eigenvalue weighted by Crippen LogP contribution is 2.43. The summed E-state index contributed by atoms with van der Waals surface area (Å²) in [6, 6.07) is 0.280. The van der Waals surface area contributed by atoms with E-state index in [1.54, 1.807) is 0 Å². The Balaban J connectivity index is 2.27. The lowest BCUT2D eigenvalue weighted by molar-refractivity contribution is -0.123. The largest absolute Gasteiger partial charge is 0.381 e. The first-order valence-corrected chi connectivity index (χ1v) is 4.55. The topological polar surface area (TPSA) is 38.3 Å². The van der Waals surface area contributed by atoms with Crippen LogP contribution in [-0.4, -0.2) is 25.2 Å². The monoisotopic (exact) mass is 169 g/mol. The van der Waals surface area contributed by atoms with Crippen molar-refractivity contribution >= 4 is 5.91 Å². The molecule has 1 spiro atoms. The van der Waals surface area contributed by atoms with Gasteiger partial charge < -0.3 is 10.1 Å². The molecule has 12 heavy (non-hydrogen) atoms. The molecular formula is C9H15NO2. The van der Waals surface area contributed by atoms with Crippen molar-refractivity contribution in [2.45, 2.75) is 26.3 Å². The molecule has 0 radical (unpaired) electrons. The third-order valence-corrected chi connectivity index (χ3v) is 3.56. The standard InChI is InChI=1S/C9H15NO2/c1-6-8(11)10-7(2)9(6)3-4-12-5-9/h6-7H,3-5H2,1-2H3,(H,10,11). The molecule has 0 aromatic heterocycles. The lowest BCUT2D eigenvalue weighted by Gasteiger charge is -2.28. The number of hydrogen-bond acceptors (Lipinski definition) is 2. The Morgan fingerprint density at radius 3 is 2.75 bits per heavy atom. The molecule has 3 nitrogen and oxygen atoms in total. The molecule has 3 heteroatoms. The van der Waals surface area contributed by atoms with Gasteiger partial charge in [-0.1, -0.05) is 6.92 Å². The molecule has 1 amide bonds. The second kappa shape index (κ2) is 2.46. The number of carbonyl (C=O) groups excluding carboxylic acids is 1. The van der Waals surface area contributed by atoms with Crippen LogP contribution in [0.15, 0.2) is 0 Å². The Morgan fingerprint density at radius 2 is 2.33 bits per heavy atom. The van der Waals surface area contributed by atoms with Crippen LogP contribution in [0.5, 0.6) is 0 Å². The molecule has 2 heterocycles. The van der Waals surface area contributed by atoms with Crippen LogP contribution in [0.25, 0.3) is 0 Å². The lowest BCUT2D eigenvalue weighted by Crippen LogP contribution is -2.36. The first-order valence-electron chi connectivity index (χ1n) is 4.55. The summed E-state index contributed by atoms with van der Waals surface area (Å²) in [5.74, 6) is 0.308. The summed E-state index contributed by atoms with van der Waals surface area (Å²) in [5, 5.41) is 2.98. The van der Waals surface area contributed by atoms with Crippen molar-refractivity contribution < 1.29 is 9.53 Å². The third-order valence-electron chi connectivity index (χ3n) is 3.56. The van der Waals surface area contributed by atoms with Crippen LogP contribution in [0.2, 0.25) is 0 Å². The molecule has 0 aliphatic carbocycles. The number of amides is 1. The van der Waals surface area contributed by atoms with E-state index in [9.17, 15) is 4.79 Å². The van der Waals surface area contributed by atoms with Crippen molar-refractivity contribution in [1.82, 2.24) is 5.32 Å². The highest BCUT2D eigenvalue weighted by Gasteiger charge is 2.52. The van der Waals surface area contributed by atoms with Gasteiger partial charge in [-0.2, -0.15) is 0 Å². The Hall–Kier alpha value is -0.570. The SMILES string of the molecule is CC1NC(=O)C(C)C12CCOC2. The van der Waals surface area contributed by atoms with E-state index in [2.05, 4.69) is 12.2 Å². The van der Waals surface area contributed by atoms with Gasteiger partial charge in [-0.15, -0.1) is 0 Å². The molecule has 0 aromatic rings. The first-order chi connectivity index (χ1) is 5.67. The molecule has 3 unspecified atom stereocenters. The lowest BCUT2D eigenvalue weighted by atomic mass is 9.74. The van der Waals surface area contributed by atoms with Gasteiger partial charge in [-0.3, -0.25) is 4.79 Å². The van der Waals surface area contributed by atoms with Gasteiger partial charge in [0.2, 0.25) is 5.91 Å². The molecule has 0 bridgehead atoms. The second-order valence-corrected chi connectivity index (χ2v) is 3.99. The van der Waals surface area contributed by atoms with Gasteiger partial charge in [-0.05, 0) is 13.3 Å². The Labute approximate surface area is 72.5 Å². The van der Waals surface area contributed by atoms with Crippen LogP contribution in [0.1, 0.15) is 20.3 Å². The number of rotatable bonds is 0. The van der Waals surface area contributed by atoms with Crippen molar-refractivity contribution in [1.29, 1.82) is 0 Å². The molecule has 0 aromatic carbocycles. The van der Waals surface area contributed by atoms with Crippen LogP contribution in [0.3, 0.4) is 0 Å². The van der Waals surface area contributed by atoms with Gasteiger partial charge in [0.1, 0.15) is 0 Å². The van der Waals surface area contributed by atoms with Crippen LogP contribution in [0, 0.1) is 11.3 Å². The van der Waals surface area contributed by atoms with Crippen LogP contribution < -0.4 is 5.32 Å². The molecule has 2 saturated heterocycles. The molecule has 68 valence electrons. The summed E-state index contributed by atoms with van der Waals surface area (Å²) in [6.07, 6.45) is 1.02. The normalized spacial score (nSPS) is 47.0.